The third-order valence-electron chi connectivity index (χ3n) is 3.29. The smallest absolute Gasteiger partial charge is 0.327 e. The van der Waals surface area contributed by atoms with Crippen molar-refractivity contribution < 1.29 is 9.21 Å². The summed E-state index contributed by atoms with van der Waals surface area (Å²) in [5, 5.41) is 16.1. The normalized spacial score (nSPS) is 10.9. The molecule has 9 heteroatoms. The second-order valence-corrected chi connectivity index (χ2v) is 5.10. The Balaban J connectivity index is 1.45. The first-order chi connectivity index (χ1) is 11.7. The molecule has 0 saturated heterocycles. The topological polar surface area (TPSA) is 113 Å². The molecule has 0 fully saturated rings. The van der Waals surface area contributed by atoms with Crippen LogP contribution in [0, 0.1) is 6.92 Å². The molecule has 0 bridgehead atoms. The minimum absolute atomic E-state index is 0.205. The number of aromatic amines is 1. The predicted molar refractivity (Wildman–Crippen MR) is 86.7 cm³/mol. The van der Waals surface area contributed by atoms with Crippen LogP contribution in [-0.4, -0.2) is 30.8 Å². The van der Waals surface area contributed by atoms with Crippen LogP contribution in [0.2, 0.25) is 0 Å². The number of fused-ring (bicyclic) bond motifs is 1. The van der Waals surface area contributed by atoms with Crippen molar-refractivity contribution in [3.05, 3.63) is 48.4 Å². The van der Waals surface area contributed by atoms with Crippen LogP contribution in [0.3, 0.4) is 0 Å². The van der Waals surface area contributed by atoms with E-state index in [2.05, 4.69) is 30.9 Å². The Labute approximate surface area is 135 Å². The molecule has 4 heterocycles. The number of amides is 2. The zero-order valence-corrected chi connectivity index (χ0v) is 12.6. The van der Waals surface area contributed by atoms with E-state index in [4.69, 9.17) is 4.42 Å². The van der Waals surface area contributed by atoms with Gasteiger partial charge in [-0.25, -0.2) is 9.31 Å². The fraction of sp³-hybridized carbons (Fsp3) is 0.0667. The number of carbonyl (C=O) groups excluding carboxylic acids is 1. The molecule has 0 spiro atoms. The minimum atomic E-state index is -0.486. The van der Waals surface area contributed by atoms with Crippen LogP contribution in [0.1, 0.15) is 5.76 Å². The summed E-state index contributed by atoms with van der Waals surface area (Å²) in [4.78, 5) is 16.2. The van der Waals surface area contributed by atoms with Crippen molar-refractivity contribution in [2.24, 2.45) is 0 Å². The van der Waals surface area contributed by atoms with E-state index in [0.717, 1.165) is 5.76 Å². The number of aryl methyl sites for hydroxylation is 1. The van der Waals surface area contributed by atoms with Crippen molar-refractivity contribution in [1.29, 1.82) is 0 Å². The molecule has 0 unspecified atom stereocenters. The second-order valence-electron chi connectivity index (χ2n) is 5.10. The zero-order valence-electron chi connectivity index (χ0n) is 12.6. The highest BCUT2D eigenvalue weighted by Crippen LogP contribution is 2.21. The number of carbonyl (C=O) groups is 1. The standard InChI is InChI=1S/C15H13N7O2/c1-9-5-6-11(24-9)10-8-12(20-19-10)16-15(23)18-14-17-13-4-2-3-7-22(13)21-14/h2-8H,1H3,(H3,16,18,19,20,21,23). The monoisotopic (exact) mass is 323 g/mol. The lowest BCUT2D eigenvalue weighted by Gasteiger charge is -2.00. The number of hydrogen-bond donors (Lipinski definition) is 3. The maximum Gasteiger partial charge on any atom is 0.327 e. The molecular formula is C15H13N7O2. The average Bonchev–Trinajstić information content (AvgIpc) is 3.25. The number of nitrogens with zero attached hydrogens (tertiary/aromatic N) is 4. The van der Waals surface area contributed by atoms with E-state index in [1.165, 1.54) is 0 Å². The Kier molecular flexibility index (Phi) is 3.23. The highest BCUT2D eigenvalue weighted by Gasteiger charge is 2.11. The van der Waals surface area contributed by atoms with Crippen LogP contribution in [-0.2, 0) is 0 Å². The number of hydrogen-bond acceptors (Lipinski definition) is 5. The molecule has 4 aromatic rings. The summed E-state index contributed by atoms with van der Waals surface area (Å²) in [6.07, 6.45) is 1.75. The lowest BCUT2D eigenvalue weighted by Crippen LogP contribution is -2.20. The van der Waals surface area contributed by atoms with Crippen molar-refractivity contribution >= 4 is 23.4 Å². The fourth-order valence-electron chi connectivity index (χ4n) is 2.22. The molecule has 0 aromatic carbocycles. The van der Waals surface area contributed by atoms with Crippen molar-refractivity contribution in [3.8, 4) is 11.5 Å². The Hall–Kier alpha value is -3.62. The van der Waals surface area contributed by atoms with E-state index in [1.807, 2.05) is 31.2 Å². The number of nitrogens with one attached hydrogen (secondary N) is 3. The molecule has 0 aliphatic rings. The van der Waals surface area contributed by atoms with Crippen molar-refractivity contribution in [3.63, 3.8) is 0 Å². The van der Waals surface area contributed by atoms with Gasteiger partial charge in [-0.15, -0.1) is 5.10 Å². The van der Waals surface area contributed by atoms with Gasteiger partial charge in [0.15, 0.2) is 17.2 Å². The van der Waals surface area contributed by atoms with E-state index in [-0.39, 0.29) is 5.95 Å². The Morgan fingerprint density at radius 2 is 2.17 bits per heavy atom. The first kappa shape index (κ1) is 14.0. The number of H-pyrrole nitrogens is 1. The summed E-state index contributed by atoms with van der Waals surface area (Å²) < 4.78 is 7.07. The number of pyridine rings is 1. The van der Waals surface area contributed by atoms with Crippen molar-refractivity contribution in [1.82, 2.24) is 24.8 Å². The summed E-state index contributed by atoms with van der Waals surface area (Å²) in [6, 6.07) is 10.3. The largest absolute Gasteiger partial charge is 0.460 e. The molecule has 120 valence electrons. The van der Waals surface area contributed by atoms with Gasteiger partial charge in [-0.2, -0.15) is 10.1 Å². The fourth-order valence-corrected chi connectivity index (χ4v) is 2.22. The number of furan rings is 1. The molecule has 2 amide bonds. The number of anilines is 2. The maximum atomic E-state index is 12.0. The molecular weight excluding hydrogens is 310 g/mol. The Morgan fingerprint density at radius 1 is 1.25 bits per heavy atom. The molecule has 24 heavy (non-hydrogen) atoms. The van der Waals surface area contributed by atoms with Gasteiger partial charge in [-0.3, -0.25) is 15.7 Å². The van der Waals surface area contributed by atoms with E-state index in [0.29, 0.717) is 22.9 Å². The van der Waals surface area contributed by atoms with E-state index < -0.39 is 6.03 Å². The van der Waals surface area contributed by atoms with Gasteiger partial charge in [0.25, 0.3) is 5.95 Å². The molecule has 4 rings (SSSR count). The number of urea groups is 1. The molecule has 0 aliphatic carbocycles. The van der Waals surface area contributed by atoms with Crippen molar-refractivity contribution in [2.75, 3.05) is 10.6 Å². The van der Waals surface area contributed by atoms with Crippen LogP contribution in [0.4, 0.5) is 16.6 Å². The highest BCUT2D eigenvalue weighted by atomic mass is 16.3. The summed E-state index contributed by atoms with van der Waals surface area (Å²) in [5.74, 6) is 2.01. The van der Waals surface area contributed by atoms with Gasteiger partial charge < -0.3 is 4.42 Å². The highest BCUT2D eigenvalue weighted by molar-refractivity contribution is 5.98. The third-order valence-corrected chi connectivity index (χ3v) is 3.29. The van der Waals surface area contributed by atoms with E-state index >= 15 is 0 Å². The minimum Gasteiger partial charge on any atom is -0.460 e. The summed E-state index contributed by atoms with van der Waals surface area (Å²) in [7, 11) is 0. The van der Waals surface area contributed by atoms with Crippen LogP contribution < -0.4 is 10.6 Å². The van der Waals surface area contributed by atoms with Gasteiger partial charge in [0.2, 0.25) is 0 Å². The SMILES string of the molecule is Cc1ccc(-c2cc(NC(=O)Nc3nc4ccccn4n3)n[nH]2)o1. The zero-order chi connectivity index (χ0) is 16.5. The lowest BCUT2D eigenvalue weighted by molar-refractivity contribution is 0.262. The summed E-state index contributed by atoms with van der Waals surface area (Å²) >= 11 is 0. The molecule has 3 N–H and O–H groups in total. The Morgan fingerprint density at radius 3 is 2.96 bits per heavy atom. The predicted octanol–water partition coefficient (Wildman–Crippen LogP) is 2.66. The molecule has 0 saturated carbocycles. The average molecular weight is 323 g/mol. The van der Waals surface area contributed by atoms with Gasteiger partial charge in [-0.1, -0.05) is 6.07 Å². The molecule has 0 atom stereocenters. The van der Waals surface area contributed by atoms with Gasteiger partial charge in [0.1, 0.15) is 11.5 Å². The van der Waals surface area contributed by atoms with Crippen LogP contribution in [0.25, 0.3) is 17.1 Å². The molecule has 9 nitrogen and oxygen atoms in total. The van der Waals surface area contributed by atoms with Crippen LogP contribution in [0.15, 0.2) is 47.0 Å². The number of aromatic nitrogens is 5. The quantitative estimate of drug-likeness (QED) is 0.536. The Bertz CT molecular complexity index is 981. The first-order valence-electron chi connectivity index (χ1n) is 7.19. The molecule has 0 radical (unpaired) electrons. The van der Waals surface area contributed by atoms with Gasteiger partial charge in [-0.05, 0) is 31.2 Å². The van der Waals surface area contributed by atoms with E-state index in [1.54, 1.807) is 22.8 Å². The van der Waals surface area contributed by atoms with Crippen LogP contribution in [0.5, 0.6) is 0 Å². The first-order valence-corrected chi connectivity index (χ1v) is 7.19. The van der Waals surface area contributed by atoms with Crippen LogP contribution >= 0.6 is 0 Å². The molecule has 0 aliphatic heterocycles. The van der Waals surface area contributed by atoms with E-state index in [9.17, 15) is 4.79 Å². The second kappa shape index (κ2) is 5.54. The lowest BCUT2D eigenvalue weighted by atomic mass is 10.3. The van der Waals surface area contributed by atoms with Crippen molar-refractivity contribution in [2.45, 2.75) is 6.92 Å². The summed E-state index contributed by atoms with van der Waals surface area (Å²) in [5.41, 5.74) is 1.31. The maximum absolute atomic E-state index is 12.0. The summed E-state index contributed by atoms with van der Waals surface area (Å²) in [6.45, 7) is 1.86. The van der Waals surface area contributed by atoms with Gasteiger partial charge >= 0.3 is 6.03 Å². The van der Waals surface area contributed by atoms with Gasteiger partial charge in [0, 0.05) is 12.3 Å². The van der Waals surface area contributed by atoms with Gasteiger partial charge in [0.05, 0.1) is 0 Å². The number of rotatable bonds is 3. The molecule has 4 aromatic heterocycles. The third kappa shape index (κ3) is 2.70.